The van der Waals surface area contributed by atoms with E-state index in [1.165, 1.54) is 12.1 Å². The quantitative estimate of drug-likeness (QED) is 0.767. The number of hydrogen-bond acceptors (Lipinski definition) is 3. The second-order valence-electron chi connectivity index (χ2n) is 6.08. The van der Waals surface area contributed by atoms with Gasteiger partial charge < -0.3 is 9.88 Å². The van der Waals surface area contributed by atoms with E-state index in [2.05, 4.69) is 10.3 Å². The van der Waals surface area contributed by atoms with Crippen molar-refractivity contribution < 1.29 is 9.18 Å². The molecule has 134 valence electrons. The molecule has 0 fully saturated rings. The zero-order valence-corrected chi connectivity index (χ0v) is 14.8. The van der Waals surface area contributed by atoms with E-state index < -0.39 is 0 Å². The van der Waals surface area contributed by atoms with Gasteiger partial charge in [0.25, 0.3) is 11.5 Å². The van der Waals surface area contributed by atoms with Gasteiger partial charge in [-0.3, -0.25) is 9.59 Å². The van der Waals surface area contributed by atoms with Crippen LogP contribution in [0.2, 0.25) is 0 Å². The molecule has 26 heavy (non-hydrogen) atoms. The Morgan fingerprint density at radius 1 is 1.19 bits per heavy atom. The normalized spacial score (nSPS) is 10.9. The van der Waals surface area contributed by atoms with Gasteiger partial charge >= 0.3 is 0 Å². The number of rotatable bonds is 5. The Kier molecular flexibility index (Phi) is 5.11. The number of hydrogen-bond donors (Lipinski definition) is 1. The molecule has 1 aromatic heterocycles. The van der Waals surface area contributed by atoms with E-state index in [4.69, 9.17) is 0 Å². The van der Waals surface area contributed by atoms with Crippen molar-refractivity contribution >= 4 is 16.9 Å². The van der Waals surface area contributed by atoms with Gasteiger partial charge in [0, 0.05) is 18.7 Å². The zero-order valence-electron chi connectivity index (χ0n) is 14.8. The number of benzene rings is 2. The molecule has 1 amide bonds. The number of halogens is 1. The van der Waals surface area contributed by atoms with Crippen molar-refractivity contribution in [2.75, 3.05) is 6.54 Å². The minimum Gasteiger partial charge on any atom is -0.352 e. The highest BCUT2D eigenvalue weighted by Crippen LogP contribution is 2.13. The Hall–Kier alpha value is -3.02. The smallest absolute Gasteiger partial charge is 0.272 e. The minimum absolute atomic E-state index is 0.114. The van der Waals surface area contributed by atoms with E-state index in [-0.39, 0.29) is 17.3 Å². The van der Waals surface area contributed by atoms with Gasteiger partial charge in [-0.1, -0.05) is 12.1 Å². The summed E-state index contributed by atoms with van der Waals surface area (Å²) in [7, 11) is 0. The van der Waals surface area contributed by atoms with E-state index in [0.29, 0.717) is 41.8 Å². The molecule has 0 aliphatic carbocycles. The SMILES string of the molecule is CCn1c(=O)c(C)nc2cc(C(=O)NCCc3ccc(F)cc3)ccc21. The number of nitrogens with zero attached hydrogens (tertiary/aromatic N) is 2. The van der Waals surface area contributed by atoms with Crippen molar-refractivity contribution in [3.63, 3.8) is 0 Å². The first kappa shape index (κ1) is 17.8. The van der Waals surface area contributed by atoms with Crippen LogP contribution in [0.15, 0.2) is 47.3 Å². The largest absolute Gasteiger partial charge is 0.352 e. The Labute approximate surface area is 150 Å². The van der Waals surface area contributed by atoms with Crippen LogP contribution in [0.4, 0.5) is 4.39 Å². The van der Waals surface area contributed by atoms with Crippen molar-refractivity contribution in [2.24, 2.45) is 0 Å². The van der Waals surface area contributed by atoms with Crippen LogP contribution in [0.5, 0.6) is 0 Å². The van der Waals surface area contributed by atoms with E-state index in [9.17, 15) is 14.0 Å². The molecule has 0 saturated carbocycles. The summed E-state index contributed by atoms with van der Waals surface area (Å²) in [6.45, 7) is 4.56. The molecule has 2 aromatic carbocycles. The molecular formula is C20H20FN3O2. The van der Waals surface area contributed by atoms with Crippen LogP contribution in [0.25, 0.3) is 11.0 Å². The van der Waals surface area contributed by atoms with Crippen LogP contribution < -0.4 is 10.9 Å². The topological polar surface area (TPSA) is 64.0 Å². The second-order valence-corrected chi connectivity index (χ2v) is 6.08. The maximum absolute atomic E-state index is 12.9. The van der Waals surface area contributed by atoms with Gasteiger partial charge in [0.15, 0.2) is 0 Å². The summed E-state index contributed by atoms with van der Waals surface area (Å²) in [5.41, 5.74) is 3.07. The minimum atomic E-state index is -0.276. The van der Waals surface area contributed by atoms with Gasteiger partial charge in [-0.15, -0.1) is 0 Å². The molecule has 0 spiro atoms. The van der Waals surface area contributed by atoms with Gasteiger partial charge in [-0.05, 0) is 56.2 Å². The van der Waals surface area contributed by atoms with E-state index in [1.807, 2.05) is 6.92 Å². The number of aryl methyl sites for hydroxylation is 2. The Bertz CT molecular complexity index is 1010. The molecule has 3 rings (SSSR count). The van der Waals surface area contributed by atoms with Crippen LogP contribution in [0, 0.1) is 12.7 Å². The predicted molar refractivity (Wildman–Crippen MR) is 98.9 cm³/mol. The maximum atomic E-state index is 12.9. The summed E-state index contributed by atoms with van der Waals surface area (Å²) < 4.78 is 14.5. The average Bonchev–Trinajstić information content (AvgIpc) is 2.64. The molecule has 0 radical (unpaired) electrons. The number of amides is 1. The van der Waals surface area contributed by atoms with E-state index >= 15 is 0 Å². The lowest BCUT2D eigenvalue weighted by Gasteiger charge is -2.10. The third kappa shape index (κ3) is 3.64. The van der Waals surface area contributed by atoms with Gasteiger partial charge in [0.05, 0.1) is 11.0 Å². The van der Waals surface area contributed by atoms with Gasteiger partial charge in [0.1, 0.15) is 11.5 Å². The fourth-order valence-corrected chi connectivity index (χ4v) is 2.90. The molecule has 6 heteroatoms. The fourth-order valence-electron chi connectivity index (χ4n) is 2.90. The molecule has 1 N–H and O–H groups in total. The highest BCUT2D eigenvalue weighted by molar-refractivity contribution is 5.97. The molecule has 1 heterocycles. The van der Waals surface area contributed by atoms with E-state index in [0.717, 1.165) is 5.56 Å². The monoisotopic (exact) mass is 353 g/mol. The Morgan fingerprint density at radius 3 is 2.62 bits per heavy atom. The standard InChI is InChI=1S/C20H20FN3O2/c1-3-24-18-9-6-15(12-17(18)23-13(2)20(24)26)19(25)22-11-10-14-4-7-16(21)8-5-14/h4-9,12H,3,10-11H2,1-2H3,(H,22,25). The highest BCUT2D eigenvalue weighted by atomic mass is 19.1. The Morgan fingerprint density at radius 2 is 1.92 bits per heavy atom. The van der Waals surface area contributed by atoms with Gasteiger partial charge in [-0.25, -0.2) is 9.37 Å². The summed E-state index contributed by atoms with van der Waals surface area (Å²) in [6.07, 6.45) is 0.617. The summed E-state index contributed by atoms with van der Waals surface area (Å²) >= 11 is 0. The lowest BCUT2D eigenvalue weighted by Crippen LogP contribution is -2.26. The van der Waals surface area contributed by atoms with Crippen LogP contribution in [0.3, 0.4) is 0 Å². The average molecular weight is 353 g/mol. The highest BCUT2D eigenvalue weighted by Gasteiger charge is 2.11. The van der Waals surface area contributed by atoms with Crippen molar-refractivity contribution in [3.8, 4) is 0 Å². The third-order valence-electron chi connectivity index (χ3n) is 4.30. The first-order valence-corrected chi connectivity index (χ1v) is 8.53. The second kappa shape index (κ2) is 7.47. The number of fused-ring (bicyclic) bond motifs is 1. The van der Waals surface area contributed by atoms with Crippen LogP contribution in [-0.2, 0) is 13.0 Å². The Balaban J connectivity index is 1.75. The molecule has 0 bridgehead atoms. The summed E-state index contributed by atoms with van der Waals surface area (Å²) in [6, 6.07) is 11.4. The number of carbonyl (C=O) groups excluding carboxylic acids is 1. The predicted octanol–water partition coefficient (Wildman–Crippen LogP) is 2.84. The zero-order chi connectivity index (χ0) is 18.7. The lowest BCUT2D eigenvalue weighted by atomic mass is 10.1. The number of aromatic nitrogens is 2. The van der Waals surface area contributed by atoms with Crippen molar-refractivity contribution in [1.29, 1.82) is 0 Å². The first-order valence-electron chi connectivity index (χ1n) is 8.53. The van der Waals surface area contributed by atoms with Gasteiger partial charge in [-0.2, -0.15) is 0 Å². The molecule has 0 atom stereocenters. The van der Waals surface area contributed by atoms with Gasteiger partial charge in [0.2, 0.25) is 0 Å². The third-order valence-corrected chi connectivity index (χ3v) is 4.30. The summed E-state index contributed by atoms with van der Waals surface area (Å²) in [5.74, 6) is -0.481. The summed E-state index contributed by atoms with van der Waals surface area (Å²) in [5, 5.41) is 2.85. The van der Waals surface area contributed by atoms with Crippen molar-refractivity contribution in [1.82, 2.24) is 14.9 Å². The van der Waals surface area contributed by atoms with Crippen LogP contribution in [-0.4, -0.2) is 22.0 Å². The summed E-state index contributed by atoms with van der Waals surface area (Å²) in [4.78, 5) is 28.8. The van der Waals surface area contributed by atoms with Crippen LogP contribution in [0.1, 0.15) is 28.5 Å². The van der Waals surface area contributed by atoms with Crippen molar-refractivity contribution in [3.05, 3.63) is 75.5 Å². The number of carbonyl (C=O) groups is 1. The molecule has 0 aliphatic heterocycles. The lowest BCUT2D eigenvalue weighted by molar-refractivity contribution is 0.0954. The molecule has 0 aliphatic rings. The first-order chi connectivity index (χ1) is 12.5. The molecule has 3 aromatic rings. The molecule has 0 saturated heterocycles. The number of nitrogens with one attached hydrogen (secondary N) is 1. The van der Waals surface area contributed by atoms with E-state index in [1.54, 1.807) is 41.8 Å². The molecule has 5 nitrogen and oxygen atoms in total. The maximum Gasteiger partial charge on any atom is 0.272 e. The van der Waals surface area contributed by atoms with Crippen molar-refractivity contribution in [2.45, 2.75) is 26.8 Å². The van der Waals surface area contributed by atoms with Crippen LogP contribution >= 0.6 is 0 Å². The molecule has 0 unspecified atom stereocenters. The fraction of sp³-hybridized carbons (Fsp3) is 0.250. The molecular weight excluding hydrogens is 333 g/mol.